The fourth-order valence-electron chi connectivity index (χ4n) is 7.20. The maximum atomic E-state index is 13.9. The van der Waals surface area contributed by atoms with E-state index >= 15 is 0 Å². The summed E-state index contributed by atoms with van der Waals surface area (Å²) >= 11 is 0. The minimum absolute atomic E-state index is 0.0160. The van der Waals surface area contributed by atoms with Gasteiger partial charge in [0.05, 0.1) is 22.7 Å². The summed E-state index contributed by atoms with van der Waals surface area (Å²) in [5.41, 5.74) is 27.2. The van der Waals surface area contributed by atoms with Crippen LogP contribution in [0.1, 0.15) is 34.3 Å². The van der Waals surface area contributed by atoms with Gasteiger partial charge in [-0.2, -0.15) is 15.0 Å². The second kappa shape index (κ2) is 16.8. The molecule has 1 amide bonds. The number of carbonyl (C=O) groups excluding carboxylic acids is 1. The number of rotatable bonds is 11. The lowest BCUT2D eigenvalue weighted by molar-refractivity contribution is 0.102. The van der Waals surface area contributed by atoms with Crippen molar-refractivity contribution in [1.82, 2.24) is 15.0 Å². The van der Waals surface area contributed by atoms with E-state index in [9.17, 15) is 23.4 Å². The third-order valence-corrected chi connectivity index (χ3v) is 11.8. The maximum absolute atomic E-state index is 13.9. The molecule has 7 rings (SSSR count). The normalized spacial score (nSPS) is 19.7. The Morgan fingerprint density at radius 2 is 1.29 bits per heavy atom. The first kappa shape index (κ1) is 40.2. The lowest BCUT2D eigenvalue weighted by atomic mass is 10.0. The average molecular weight is 809 g/mol. The topological polar surface area (TPSA) is 268 Å². The van der Waals surface area contributed by atoms with E-state index in [-0.39, 0.29) is 70.0 Å². The van der Waals surface area contributed by atoms with Gasteiger partial charge in [-0.25, -0.2) is 8.42 Å². The summed E-state index contributed by atoms with van der Waals surface area (Å²) in [4.78, 5) is 31.4. The minimum atomic E-state index is -4.12. The van der Waals surface area contributed by atoms with Crippen molar-refractivity contribution in [3.63, 3.8) is 0 Å². The number of piperidine rings is 2. The van der Waals surface area contributed by atoms with E-state index in [2.05, 4.69) is 20.6 Å². The predicted molar refractivity (Wildman–Crippen MR) is 224 cm³/mol. The van der Waals surface area contributed by atoms with Gasteiger partial charge in [0.1, 0.15) is 11.5 Å². The molecular formula is C40H48N12O5S. The van der Waals surface area contributed by atoms with Crippen LogP contribution in [0.25, 0.3) is 0 Å². The van der Waals surface area contributed by atoms with Crippen LogP contribution in [0.3, 0.4) is 0 Å². The van der Waals surface area contributed by atoms with E-state index in [4.69, 9.17) is 27.9 Å². The van der Waals surface area contributed by atoms with Crippen molar-refractivity contribution in [3.05, 3.63) is 108 Å². The van der Waals surface area contributed by atoms with E-state index in [1.807, 2.05) is 22.8 Å². The van der Waals surface area contributed by atoms with Gasteiger partial charge in [-0.15, -0.1) is 0 Å². The van der Waals surface area contributed by atoms with Gasteiger partial charge in [0, 0.05) is 73.9 Å². The molecule has 0 spiro atoms. The molecular weight excluding hydrogens is 761 g/mol. The van der Waals surface area contributed by atoms with Gasteiger partial charge < -0.3 is 53.6 Å². The number of phenolic OH excluding ortho intramolecular Hbond substituents is 2. The zero-order valence-electron chi connectivity index (χ0n) is 31.9. The molecule has 58 heavy (non-hydrogen) atoms. The van der Waals surface area contributed by atoms with Gasteiger partial charge in [0.15, 0.2) is 0 Å². The van der Waals surface area contributed by atoms with Crippen molar-refractivity contribution in [2.45, 2.75) is 55.4 Å². The first-order chi connectivity index (χ1) is 27.7. The van der Waals surface area contributed by atoms with E-state index in [0.29, 0.717) is 62.2 Å². The number of aromatic nitrogens is 3. The van der Waals surface area contributed by atoms with Crippen molar-refractivity contribution < 1.29 is 23.4 Å². The van der Waals surface area contributed by atoms with Crippen LogP contribution in [-0.4, -0.2) is 89.8 Å². The molecule has 3 heterocycles. The Morgan fingerprint density at radius 1 is 0.741 bits per heavy atom. The molecule has 0 bridgehead atoms. The zero-order valence-corrected chi connectivity index (χ0v) is 32.8. The second-order valence-electron chi connectivity index (χ2n) is 14.9. The molecule has 2 saturated heterocycles. The van der Waals surface area contributed by atoms with Crippen LogP contribution in [0, 0.1) is 6.92 Å². The van der Waals surface area contributed by atoms with Gasteiger partial charge >= 0.3 is 0 Å². The number of aromatic hydroxyl groups is 2. The second-order valence-corrected chi connectivity index (χ2v) is 16.8. The van der Waals surface area contributed by atoms with E-state index in [0.717, 1.165) is 9.87 Å². The number of nitrogens with one attached hydrogen (secondary N) is 2. The third kappa shape index (κ3) is 9.22. The number of carbonyl (C=O) groups is 1. The summed E-state index contributed by atoms with van der Waals surface area (Å²) < 4.78 is 29.0. The summed E-state index contributed by atoms with van der Waals surface area (Å²) in [5.74, 6) is -0.487. The van der Waals surface area contributed by atoms with Crippen molar-refractivity contribution in [3.8, 4) is 11.5 Å². The molecule has 0 unspecified atom stereocenters. The predicted octanol–water partition coefficient (Wildman–Crippen LogP) is 2.71. The number of hydrogen-bond acceptors (Lipinski definition) is 15. The first-order valence-electron chi connectivity index (χ1n) is 18.9. The molecule has 18 heteroatoms. The zero-order chi connectivity index (χ0) is 41.1. The Labute approximate surface area is 336 Å². The van der Waals surface area contributed by atoms with Gasteiger partial charge in [0.25, 0.3) is 15.9 Å². The molecule has 4 atom stereocenters. The van der Waals surface area contributed by atoms with Crippen molar-refractivity contribution in [2.75, 3.05) is 50.9 Å². The molecule has 4 aromatic carbocycles. The molecule has 1 aromatic heterocycles. The highest BCUT2D eigenvalue weighted by molar-refractivity contribution is 7.92. The van der Waals surface area contributed by atoms with Gasteiger partial charge in [-0.3, -0.25) is 9.10 Å². The van der Waals surface area contributed by atoms with Gasteiger partial charge in [0.2, 0.25) is 17.8 Å². The first-order valence-corrected chi connectivity index (χ1v) is 20.3. The number of anilines is 6. The summed E-state index contributed by atoms with van der Waals surface area (Å²) in [6.45, 7) is 3.80. The fraction of sp³-hybridized carbons (Fsp3) is 0.300. The van der Waals surface area contributed by atoms with Crippen LogP contribution in [-0.2, 0) is 16.6 Å². The molecule has 12 N–H and O–H groups in total. The Hall–Kier alpha value is -6.05. The van der Waals surface area contributed by atoms with E-state index < -0.39 is 15.9 Å². The van der Waals surface area contributed by atoms with Crippen LogP contribution in [0.5, 0.6) is 11.5 Å². The highest BCUT2D eigenvalue weighted by Gasteiger charge is 2.30. The van der Waals surface area contributed by atoms with Crippen molar-refractivity contribution >= 4 is 50.8 Å². The monoisotopic (exact) mass is 808 g/mol. The smallest absolute Gasteiger partial charge is 0.264 e. The van der Waals surface area contributed by atoms with E-state index in [1.54, 1.807) is 42.5 Å². The fourth-order valence-corrected chi connectivity index (χ4v) is 8.67. The molecule has 0 aliphatic carbocycles. The Kier molecular flexibility index (Phi) is 11.6. The van der Waals surface area contributed by atoms with Crippen molar-refractivity contribution in [2.24, 2.45) is 22.9 Å². The van der Waals surface area contributed by atoms with Crippen LogP contribution in [0.15, 0.2) is 95.9 Å². The van der Waals surface area contributed by atoms with Gasteiger partial charge in [-0.05, 0) is 61.7 Å². The quantitative estimate of drug-likeness (QED) is 0.0954. The Balaban J connectivity index is 1.10. The van der Waals surface area contributed by atoms with E-state index in [1.165, 1.54) is 42.5 Å². The molecule has 17 nitrogen and oxygen atoms in total. The highest BCUT2D eigenvalue weighted by Crippen LogP contribution is 2.36. The number of aryl methyl sites for hydroxylation is 1. The van der Waals surface area contributed by atoms with Crippen LogP contribution in [0.2, 0.25) is 0 Å². The molecule has 304 valence electrons. The minimum Gasteiger partial charge on any atom is -0.507 e. The summed E-state index contributed by atoms with van der Waals surface area (Å²) in [7, 11) is -4.12. The number of nitrogens with zero attached hydrogens (tertiary/aromatic N) is 6. The van der Waals surface area contributed by atoms with Crippen LogP contribution in [0.4, 0.5) is 34.9 Å². The molecule has 2 aliphatic rings. The molecule has 5 aromatic rings. The number of phenols is 2. The molecule has 2 aliphatic heterocycles. The van der Waals surface area contributed by atoms with Crippen LogP contribution >= 0.6 is 0 Å². The summed E-state index contributed by atoms with van der Waals surface area (Å²) in [6.07, 6.45) is 1.35. The number of sulfonamides is 1. The van der Waals surface area contributed by atoms with Crippen molar-refractivity contribution in [1.29, 1.82) is 0 Å². The van der Waals surface area contributed by atoms with Crippen LogP contribution < -0.4 is 47.7 Å². The molecule has 2 fully saturated rings. The summed E-state index contributed by atoms with van der Waals surface area (Å²) in [6, 6.07) is 23.3. The Morgan fingerprint density at radius 3 is 1.84 bits per heavy atom. The lowest BCUT2D eigenvalue weighted by Crippen LogP contribution is -2.54. The van der Waals surface area contributed by atoms with Gasteiger partial charge in [-0.1, -0.05) is 48.0 Å². The lowest BCUT2D eigenvalue weighted by Gasteiger charge is -2.37. The highest BCUT2D eigenvalue weighted by atomic mass is 32.2. The molecule has 0 radical (unpaired) electrons. The summed E-state index contributed by atoms with van der Waals surface area (Å²) in [5, 5.41) is 28.0. The SMILES string of the molecule is Cc1ccc(S(=O)(=O)N(Cc2ccccc2)c2ccc(NC(=O)c3ccc(Nc4nc(N5C[C@H](N)C[C@H](N)C5)nc(N5C[C@H](N)C[C@H](N)C5)n4)cc3O)cc2O)cc1. The number of hydrogen-bond donors (Lipinski definition) is 8. The molecule has 0 saturated carbocycles. The largest absolute Gasteiger partial charge is 0.507 e. The number of nitrogens with two attached hydrogens (primary N) is 4. The number of benzene rings is 4. The maximum Gasteiger partial charge on any atom is 0.264 e. The standard InChI is InChI=1S/C40H48N12O5S/c1-24-7-11-32(12-8-24)58(56,57)52(19-25-5-3-2-4-6-25)34-14-10-30(18-36(34)54)45-37(55)33-13-9-31(17-35(33)53)46-38-47-39(50-20-26(41)15-27(42)21-50)49-40(48-38)51-22-28(43)16-29(44)23-51/h2-14,17-18,26-29,53-54H,15-16,19-23,41-44H2,1H3,(H,45,55)(H,46,47,48,49)/t26-,27+,28-,29+. The third-order valence-electron chi connectivity index (χ3n) is 9.99. The number of amides is 1. The average Bonchev–Trinajstić information content (AvgIpc) is 3.17. The Bertz CT molecular complexity index is 2310.